The Morgan fingerprint density at radius 1 is 1.30 bits per heavy atom. The number of pyridine rings is 1. The van der Waals surface area contributed by atoms with Gasteiger partial charge < -0.3 is 0 Å². The molecule has 1 heterocycles. The van der Waals surface area contributed by atoms with Crippen LogP contribution in [0.1, 0.15) is 0 Å². The summed E-state index contributed by atoms with van der Waals surface area (Å²) in [6.45, 7) is 1.86. The van der Waals surface area contributed by atoms with Crippen LogP contribution in [0.5, 0.6) is 0 Å². The fourth-order valence-corrected chi connectivity index (χ4v) is 1.14. The fraction of sp³-hybridized carbons (Fsp3) is 0.167. The van der Waals surface area contributed by atoms with Crippen LogP contribution in [0.15, 0.2) is 12.1 Å². The summed E-state index contributed by atoms with van der Waals surface area (Å²) in [7, 11) is 0.403. The molecule has 4 heteroatoms. The van der Waals surface area contributed by atoms with Crippen LogP contribution in [-0.4, -0.2) is 11.6 Å². The second kappa shape index (κ2) is 3.02. The highest BCUT2D eigenvalue weighted by molar-refractivity contribution is 7.46. The SMILES string of the molecule is CPc1cc(F)nc(F)c1. The summed E-state index contributed by atoms with van der Waals surface area (Å²) in [4.78, 5) is 2.95. The molecule has 1 rings (SSSR count). The highest BCUT2D eigenvalue weighted by atomic mass is 31.1. The van der Waals surface area contributed by atoms with Gasteiger partial charge in [-0.15, -0.1) is 0 Å². The van der Waals surface area contributed by atoms with Crippen molar-refractivity contribution in [2.75, 3.05) is 6.66 Å². The van der Waals surface area contributed by atoms with Crippen molar-refractivity contribution in [1.29, 1.82) is 0 Å². The molecule has 0 bridgehead atoms. The molecule has 0 aliphatic rings. The lowest BCUT2D eigenvalue weighted by Crippen LogP contribution is -2.00. The molecular formula is C6H6F2NP. The first kappa shape index (κ1) is 7.55. The van der Waals surface area contributed by atoms with Crippen LogP contribution < -0.4 is 5.30 Å². The number of hydrogen-bond acceptors (Lipinski definition) is 1. The Morgan fingerprint density at radius 2 is 1.80 bits per heavy atom. The van der Waals surface area contributed by atoms with Gasteiger partial charge in [-0.25, -0.2) is 0 Å². The first-order valence-corrected chi connectivity index (χ1v) is 4.23. The van der Waals surface area contributed by atoms with Crippen LogP contribution in [0.2, 0.25) is 0 Å². The molecule has 0 amide bonds. The van der Waals surface area contributed by atoms with Crippen LogP contribution in [0.25, 0.3) is 0 Å². The van der Waals surface area contributed by atoms with E-state index in [1.807, 2.05) is 6.66 Å². The average Bonchev–Trinajstić information content (AvgIpc) is 1.85. The van der Waals surface area contributed by atoms with E-state index in [0.29, 0.717) is 13.9 Å². The minimum atomic E-state index is -0.746. The minimum absolute atomic E-state index is 0.403. The zero-order valence-corrected chi connectivity index (χ0v) is 6.36. The monoisotopic (exact) mass is 161 g/mol. The maximum Gasteiger partial charge on any atom is 0.216 e. The molecule has 1 nitrogen and oxygen atoms in total. The van der Waals surface area contributed by atoms with E-state index in [1.54, 1.807) is 0 Å². The summed E-state index contributed by atoms with van der Waals surface area (Å²) in [5.41, 5.74) is 0. The van der Waals surface area contributed by atoms with E-state index in [9.17, 15) is 8.78 Å². The van der Waals surface area contributed by atoms with Gasteiger partial charge in [0.1, 0.15) is 0 Å². The molecule has 0 radical (unpaired) electrons. The summed E-state index contributed by atoms with van der Waals surface area (Å²) in [5, 5.41) is 0.657. The Hall–Kier alpha value is -0.560. The number of aromatic nitrogens is 1. The normalized spacial score (nSPS) is 11.1. The lowest BCUT2D eigenvalue weighted by Gasteiger charge is -1.94. The van der Waals surface area contributed by atoms with Gasteiger partial charge in [0, 0.05) is 12.1 Å². The molecule has 0 aliphatic carbocycles. The Bertz CT molecular complexity index is 219. The van der Waals surface area contributed by atoms with E-state index in [2.05, 4.69) is 4.98 Å². The molecule has 0 aliphatic heterocycles. The van der Waals surface area contributed by atoms with Crippen LogP contribution in [-0.2, 0) is 0 Å². The fourth-order valence-electron chi connectivity index (χ4n) is 0.609. The molecule has 0 aromatic carbocycles. The predicted octanol–water partition coefficient (Wildman–Crippen LogP) is 1.29. The summed E-state index contributed by atoms with van der Waals surface area (Å²) >= 11 is 0. The van der Waals surface area contributed by atoms with Gasteiger partial charge in [-0.1, -0.05) is 8.58 Å². The van der Waals surface area contributed by atoms with Crippen molar-refractivity contribution in [2.45, 2.75) is 0 Å². The zero-order valence-electron chi connectivity index (χ0n) is 5.36. The predicted molar refractivity (Wildman–Crippen MR) is 38.0 cm³/mol. The Labute approximate surface area is 59.3 Å². The summed E-state index contributed by atoms with van der Waals surface area (Å²) in [6.07, 6.45) is 0. The molecule has 0 fully saturated rings. The molecule has 1 atom stereocenters. The quantitative estimate of drug-likeness (QED) is 0.446. The zero-order chi connectivity index (χ0) is 7.56. The number of halogens is 2. The van der Waals surface area contributed by atoms with Crippen molar-refractivity contribution in [2.24, 2.45) is 0 Å². The molecule has 54 valence electrons. The Balaban J connectivity index is 3.06. The highest BCUT2D eigenvalue weighted by Crippen LogP contribution is 2.04. The minimum Gasteiger partial charge on any atom is -0.191 e. The van der Waals surface area contributed by atoms with Crippen molar-refractivity contribution < 1.29 is 8.78 Å². The molecule has 0 spiro atoms. The van der Waals surface area contributed by atoms with Crippen LogP contribution in [0, 0.1) is 11.9 Å². The maximum atomic E-state index is 12.3. The lowest BCUT2D eigenvalue weighted by molar-refractivity contribution is 0.514. The second-order valence-corrected chi connectivity index (χ2v) is 2.83. The van der Waals surface area contributed by atoms with Gasteiger partial charge in [0.05, 0.1) is 0 Å². The number of nitrogens with zero attached hydrogens (tertiary/aromatic N) is 1. The molecule has 0 N–H and O–H groups in total. The van der Waals surface area contributed by atoms with Crippen LogP contribution in [0.4, 0.5) is 8.78 Å². The largest absolute Gasteiger partial charge is 0.216 e. The second-order valence-electron chi connectivity index (χ2n) is 1.75. The first-order valence-electron chi connectivity index (χ1n) is 2.73. The Morgan fingerprint density at radius 3 is 2.20 bits per heavy atom. The van der Waals surface area contributed by atoms with Gasteiger partial charge in [-0.2, -0.15) is 13.8 Å². The third kappa shape index (κ3) is 1.71. The van der Waals surface area contributed by atoms with E-state index >= 15 is 0 Å². The third-order valence-corrected chi connectivity index (χ3v) is 1.92. The van der Waals surface area contributed by atoms with E-state index < -0.39 is 11.9 Å². The summed E-state index contributed by atoms with van der Waals surface area (Å²) in [5.74, 6) is -1.49. The van der Waals surface area contributed by atoms with Crippen LogP contribution in [0.3, 0.4) is 0 Å². The molecule has 0 saturated carbocycles. The molecule has 1 aromatic heterocycles. The lowest BCUT2D eigenvalue weighted by atomic mass is 10.5. The van der Waals surface area contributed by atoms with Gasteiger partial charge >= 0.3 is 0 Å². The average molecular weight is 161 g/mol. The summed E-state index contributed by atoms with van der Waals surface area (Å²) in [6, 6.07) is 2.48. The molecule has 1 unspecified atom stereocenters. The topological polar surface area (TPSA) is 12.9 Å². The van der Waals surface area contributed by atoms with Gasteiger partial charge in [0.15, 0.2) is 0 Å². The van der Waals surface area contributed by atoms with E-state index in [1.165, 1.54) is 12.1 Å². The van der Waals surface area contributed by atoms with Gasteiger partial charge in [0.2, 0.25) is 11.9 Å². The smallest absolute Gasteiger partial charge is 0.191 e. The highest BCUT2D eigenvalue weighted by Gasteiger charge is 1.98. The van der Waals surface area contributed by atoms with E-state index in [4.69, 9.17) is 0 Å². The van der Waals surface area contributed by atoms with Crippen molar-refractivity contribution in [3.63, 3.8) is 0 Å². The number of hydrogen-bond donors (Lipinski definition) is 0. The van der Waals surface area contributed by atoms with Crippen LogP contribution >= 0.6 is 8.58 Å². The standard InChI is InChI=1S/C6H6F2NP/c1-10-4-2-5(7)9-6(8)3-4/h2-3,10H,1H3. The first-order chi connectivity index (χ1) is 4.72. The summed E-state index contributed by atoms with van der Waals surface area (Å²) < 4.78 is 24.5. The van der Waals surface area contributed by atoms with Crippen molar-refractivity contribution in [3.05, 3.63) is 24.0 Å². The van der Waals surface area contributed by atoms with Gasteiger partial charge in [-0.3, -0.25) is 0 Å². The maximum absolute atomic E-state index is 12.3. The molecule has 1 aromatic rings. The van der Waals surface area contributed by atoms with E-state index in [-0.39, 0.29) is 0 Å². The third-order valence-electron chi connectivity index (χ3n) is 1.05. The van der Waals surface area contributed by atoms with Crippen molar-refractivity contribution in [3.8, 4) is 0 Å². The molecule has 0 saturated heterocycles. The Kier molecular flexibility index (Phi) is 2.28. The molecular weight excluding hydrogens is 155 g/mol. The van der Waals surface area contributed by atoms with Crippen molar-refractivity contribution in [1.82, 2.24) is 4.98 Å². The van der Waals surface area contributed by atoms with E-state index in [0.717, 1.165) is 0 Å². The molecule has 10 heavy (non-hydrogen) atoms. The van der Waals surface area contributed by atoms with Crippen molar-refractivity contribution >= 4 is 13.9 Å². The number of rotatable bonds is 1. The van der Waals surface area contributed by atoms with Gasteiger partial charge in [0.25, 0.3) is 0 Å². The van der Waals surface area contributed by atoms with Gasteiger partial charge in [-0.05, 0) is 12.0 Å².